The number of β-amino-alcohol motifs (C(OH)–C–C–N with tert-alkyl or cyclic N) is 1. The highest BCUT2D eigenvalue weighted by Crippen LogP contribution is 2.03. The van der Waals surface area contributed by atoms with E-state index in [9.17, 15) is 4.79 Å². The molecule has 1 heterocycles. The molecule has 0 aromatic heterocycles. The molecule has 1 atom stereocenters. The summed E-state index contributed by atoms with van der Waals surface area (Å²) >= 11 is 0. The number of rotatable bonds is 0. The molecule has 0 aromatic carbocycles. The van der Waals surface area contributed by atoms with Crippen molar-refractivity contribution in [3.63, 3.8) is 0 Å². The maximum Gasteiger partial charge on any atom is 0.223 e. The molecule has 0 spiro atoms. The minimum Gasteiger partial charge on any atom is -0.387 e. The molecule has 0 aromatic rings. The zero-order valence-electron chi connectivity index (χ0n) is 5.24. The zero-order chi connectivity index (χ0) is 6.85. The topological polar surface area (TPSA) is 40.5 Å². The van der Waals surface area contributed by atoms with Gasteiger partial charge in [-0.1, -0.05) is 0 Å². The molecule has 1 rings (SSSR count). The quantitative estimate of drug-likeness (QED) is 0.486. The van der Waals surface area contributed by atoms with E-state index in [1.54, 1.807) is 12.3 Å². The molecule has 0 saturated heterocycles. The molecule has 0 radical (unpaired) electrons. The third kappa shape index (κ3) is 1.29. The zero-order valence-corrected chi connectivity index (χ0v) is 5.24. The Morgan fingerprint density at radius 1 is 1.89 bits per heavy atom. The van der Waals surface area contributed by atoms with Gasteiger partial charge < -0.3 is 10.0 Å². The molecule has 3 nitrogen and oxygen atoms in total. The van der Waals surface area contributed by atoms with Gasteiger partial charge in [0.05, 0.1) is 12.6 Å². The number of carbonyl (C=O) groups is 1. The second-order valence-corrected chi connectivity index (χ2v) is 2.08. The van der Waals surface area contributed by atoms with Crippen LogP contribution in [0.4, 0.5) is 0 Å². The molecule has 1 unspecified atom stereocenters. The molecule has 9 heavy (non-hydrogen) atoms. The number of nitrogens with zero attached hydrogens (tertiary/aromatic N) is 1. The van der Waals surface area contributed by atoms with Crippen LogP contribution in [0.25, 0.3) is 0 Å². The van der Waals surface area contributed by atoms with E-state index < -0.39 is 6.10 Å². The van der Waals surface area contributed by atoms with E-state index in [-0.39, 0.29) is 5.91 Å². The summed E-state index contributed by atoms with van der Waals surface area (Å²) in [6.45, 7) is 1.89. The van der Waals surface area contributed by atoms with Gasteiger partial charge in [-0.25, -0.2) is 0 Å². The lowest BCUT2D eigenvalue weighted by atomic mass is 10.4. The Hall–Kier alpha value is -0.830. The first kappa shape index (κ1) is 6.29. The van der Waals surface area contributed by atoms with Crippen LogP contribution < -0.4 is 0 Å². The van der Waals surface area contributed by atoms with E-state index >= 15 is 0 Å². The van der Waals surface area contributed by atoms with Crippen molar-refractivity contribution < 1.29 is 9.90 Å². The van der Waals surface area contributed by atoms with Crippen molar-refractivity contribution in [2.24, 2.45) is 0 Å². The Kier molecular flexibility index (Phi) is 1.53. The SMILES string of the molecule is CC(=O)N1C=CC(O)C1. The van der Waals surface area contributed by atoms with Gasteiger partial charge in [-0.05, 0) is 6.08 Å². The van der Waals surface area contributed by atoms with Crippen molar-refractivity contribution in [2.75, 3.05) is 6.54 Å². The lowest BCUT2D eigenvalue weighted by Gasteiger charge is -2.09. The molecule has 0 aliphatic carbocycles. The normalized spacial score (nSPS) is 25.1. The highest BCUT2D eigenvalue weighted by Gasteiger charge is 2.14. The first-order valence-electron chi connectivity index (χ1n) is 2.84. The van der Waals surface area contributed by atoms with Crippen LogP contribution in [0.2, 0.25) is 0 Å². The monoisotopic (exact) mass is 127 g/mol. The second kappa shape index (κ2) is 2.19. The Morgan fingerprint density at radius 3 is 2.78 bits per heavy atom. The van der Waals surface area contributed by atoms with E-state index in [1.807, 2.05) is 0 Å². The summed E-state index contributed by atoms with van der Waals surface area (Å²) in [6, 6.07) is 0. The van der Waals surface area contributed by atoms with E-state index in [0.29, 0.717) is 6.54 Å². The van der Waals surface area contributed by atoms with Gasteiger partial charge in [0, 0.05) is 13.1 Å². The maximum absolute atomic E-state index is 10.6. The van der Waals surface area contributed by atoms with E-state index in [0.717, 1.165) is 0 Å². The van der Waals surface area contributed by atoms with Crippen LogP contribution in [0.5, 0.6) is 0 Å². The molecule has 1 aliphatic heterocycles. The number of amides is 1. The van der Waals surface area contributed by atoms with Gasteiger partial charge in [-0.3, -0.25) is 4.79 Å². The van der Waals surface area contributed by atoms with Crippen molar-refractivity contribution in [3.8, 4) is 0 Å². The fourth-order valence-corrected chi connectivity index (χ4v) is 0.760. The van der Waals surface area contributed by atoms with Crippen molar-refractivity contribution in [3.05, 3.63) is 12.3 Å². The summed E-state index contributed by atoms with van der Waals surface area (Å²) in [5.74, 6) is -0.0252. The molecule has 50 valence electrons. The van der Waals surface area contributed by atoms with E-state index in [2.05, 4.69) is 0 Å². The van der Waals surface area contributed by atoms with Crippen LogP contribution in [0, 0.1) is 0 Å². The fraction of sp³-hybridized carbons (Fsp3) is 0.500. The number of aliphatic hydroxyl groups is 1. The summed E-state index contributed by atoms with van der Waals surface area (Å²) in [4.78, 5) is 12.0. The summed E-state index contributed by atoms with van der Waals surface area (Å²) < 4.78 is 0. The molecular formula is C6H9NO2. The van der Waals surface area contributed by atoms with Crippen molar-refractivity contribution in [2.45, 2.75) is 13.0 Å². The smallest absolute Gasteiger partial charge is 0.223 e. The van der Waals surface area contributed by atoms with E-state index in [4.69, 9.17) is 5.11 Å². The molecular weight excluding hydrogens is 118 g/mol. The molecule has 1 aliphatic rings. The first-order valence-corrected chi connectivity index (χ1v) is 2.84. The predicted molar refractivity (Wildman–Crippen MR) is 32.5 cm³/mol. The minimum atomic E-state index is -0.464. The molecule has 0 bridgehead atoms. The minimum absolute atomic E-state index is 0.0252. The predicted octanol–water partition coefficient (Wildman–Crippen LogP) is -0.277. The fourth-order valence-electron chi connectivity index (χ4n) is 0.760. The maximum atomic E-state index is 10.6. The van der Waals surface area contributed by atoms with Crippen LogP contribution in [0.3, 0.4) is 0 Å². The molecule has 0 fully saturated rings. The van der Waals surface area contributed by atoms with Gasteiger partial charge in [0.2, 0.25) is 5.91 Å². The first-order chi connectivity index (χ1) is 4.20. The van der Waals surface area contributed by atoms with Crippen LogP contribution >= 0.6 is 0 Å². The molecule has 1 N–H and O–H groups in total. The van der Waals surface area contributed by atoms with Crippen LogP contribution in [0.15, 0.2) is 12.3 Å². The highest BCUT2D eigenvalue weighted by molar-refractivity contribution is 5.74. The summed E-state index contributed by atoms with van der Waals surface area (Å²) in [5, 5.41) is 8.87. The average Bonchev–Trinajstić information content (AvgIpc) is 2.14. The molecule has 1 amide bonds. The molecule has 3 heteroatoms. The van der Waals surface area contributed by atoms with Gasteiger partial charge >= 0.3 is 0 Å². The number of carbonyl (C=O) groups excluding carboxylic acids is 1. The molecule has 0 saturated carbocycles. The number of aliphatic hydroxyl groups excluding tert-OH is 1. The Morgan fingerprint density at radius 2 is 2.56 bits per heavy atom. The Labute approximate surface area is 53.6 Å². The third-order valence-corrected chi connectivity index (χ3v) is 1.28. The van der Waals surface area contributed by atoms with Gasteiger partial charge in [0.1, 0.15) is 0 Å². The Balaban J connectivity index is 2.50. The second-order valence-electron chi connectivity index (χ2n) is 2.08. The van der Waals surface area contributed by atoms with Crippen molar-refractivity contribution in [1.29, 1.82) is 0 Å². The largest absolute Gasteiger partial charge is 0.387 e. The van der Waals surface area contributed by atoms with Crippen LogP contribution in [-0.4, -0.2) is 28.6 Å². The third-order valence-electron chi connectivity index (χ3n) is 1.28. The van der Waals surface area contributed by atoms with Crippen LogP contribution in [0.1, 0.15) is 6.92 Å². The average molecular weight is 127 g/mol. The highest BCUT2D eigenvalue weighted by atomic mass is 16.3. The standard InChI is InChI=1S/C6H9NO2/c1-5(8)7-3-2-6(9)4-7/h2-3,6,9H,4H2,1H3. The Bertz CT molecular complexity index is 153. The lowest BCUT2D eigenvalue weighted by molar-refractivity contribution is -0.126. The van der Waals surface area contributed by atoms with Crippen LogP contribution in [-0.2, 0) is 4.79 Å². The van der Waals surface area contributed by atoms with Crippen molar-refractivity contribution in [1.82, 2.24) is 4.90 Å². The van der Waals surface area contributed by atoms with E-state index in [1.165, 1.54) is 11.8 Å². The van der Waals surface area contributed by atoms with Gasteiger partial charge in [-0.15, -0.1) is 0 Å². The summed E-state index contributed by atoms with van der Waals surface area (Å²) in [6.07, 6.45) is 2.74. The summed E-state index contributed by atoms with van der Waals surface area (Å²) in [5.41, 5.74) is 0. The van der Waals surface area contributed by atoms with Gasteiger partial charge in [-0.2, -0.15) is 0 Å². The van der Waals surface area contributed by atoms with Gasteiger partial charge in [0.15, 0.2) is 0 Å². The van der Waals surface area contributed by atoms with Gasteiger partial charge in [0.25, 0.3) is 0 Å². The van der Waals surface area contributed by atoms with Crippen molar-refractivity contribution >= 4 is 5.91 Å². The summed E-state index contributed by atoms with van der Waals surface area (Å²) in [7, 11) is 0. The number of hydrogen-bond donors (Lipinski definition) is 1. The number of hydrogen-bond acceptors (Lipinski definition) is 2. The lowest BCUT2D eigenvalue weighted by Crippen LogP contribution is -2.24.